The Balaban J connectivity index is 1.34. The zero-order valence-electron chi connectivity index (χ0n) is 22.5. The van der Waals surface area contributed by atoms with Gasteiger partial charge in [-0.25, -0.2) is 0 Å². The molecule has 204 valence electrons. The number of ether oxygens (including phenoxy) is 2. The molecule has 0 aliphatic carbocycles. The zero-order chi connectivity index (χ0) is 27.6. The Kier molecular flexibility index (Phi) is 10.6. The molecule has 4 rings (SSSR count). The summed E-state index contributed by atoms with van der Waals surface area (Å²) in [6, 6.07) is 26.4. The largest absolute Gasteiger partial charge is 0.493 e. The Morgan fingerprint density at radius 1 is 0.974 bits per heavy atom. The molecule has 0 spiro atoms. The molecule has 0 radical (unpaired) electrons. The molecule has 0 fully saturated rings. The Hall–Kier alpha value is -3.08. The number of carbonyl (C=O) groups excluding carboxylic acids is 1. The van der Waals surface area contributed by atoms with Crippen molar-refractivity contribution in [1.82, 2.24) is 4.90 Å². The smallest absolute Gasteiger partial charge is 0.267 e. The molecule has 1 heterocycles. The van der Waals surface area contributed by atoms with Crippen LogP contribution in [0.1, 0.15) is 27.2 Å². The number of rotatable bonds is 13. The van der Waals surface area contributed by atoms with Crippen molar-refractivity contribution in [3.8, 4) is 21.9 Å². The molecule has 0 saturated carbocycles. The quantitative estimate of drug-likeness (QED) is 0.0885. The van der Waals surface area contributed by atoms with E-state index in [1.807, 2.05) is 31.3 Å². The third kappa shape index (κ3) is 7.97. The number of hydrogen-bond acceptors (Lipinski definition) is 6. The van der Waals surface area contributed by atoms with Gasteiger partial charge < -0.3 is 25.0 Å². The van der Waals surface area contributed by atoms with Gasteiger partial charge in [0, 0.05) is 41.2 Å². The highest BCUT2D eigenvalue weighted by Gasteiger charge is 2.18. The Morgan fingerprint density at radius 2 is 1.74 bits per heavy atom. The van der Waals surface area contributed by atoms with Crippen molar-refractivity contribution < 1.29 is 14.3 Å². The molecule has 3 aromatic carbocycles. The highest BCUT2D eigenvalue weighted by Crippen LogP contribution is 2.36. The minimum Gasteiger partial charge on any atom is -0.493 e. The van der Waals surface area contributed by atoms with Crippen LogP contribution in [-0.4, -0.2) is 45.2 Å². The lowest BCUT2D eigenvalue weighted by molar-refractivity contribution is 0.103. The van der Waals surface area contributed by atoms with Crippen LogP contribution < -0.4 is 20.1 Å². The molecular weight excluding hydrogens is 621 g/mol. The predicted molar refractivity (Wildman–Crippen MR) is 171 cm³/mol. The minimum atomic E-state index is -0.170. The second kappa shape index (κ2) is 14.3. The molecule has 6 nitrogen and oxygen atoms in total. The van der Waals surface area contributed by atoms with Crippen molar-refractivity contribution in [1.29, 1.82) is 0 Å². The fourth-order valence-corrected chi connectivity index (χ4v) is 5.76. The average molecular weight is 656 g/mol. The highest BCUT2D eigenvalue weighted by molar-refractivity contribution is 14.1. The number of amides is 1. The van der Waals surface area contributed by atoms with Gasteiger partial charge in [0.05, 0.1) is 19.4 Å². The standard InChI is InChI=1S/C31H34IN3O3S/c1-33-26-19-29(24-12-10-22(20-32)11-13-24)39-30(26)31(36)34-25-14-15-27(28(18-25)37-3)38-17-7-16-35(2)21-23-8-5-4-6-9-23/h4-6,8-15,18-19,33H,7,16-17,20-21H2,1-3H3,(H,34,36). The number of carbonyl (C=O) groups is 1. The number of thiophene rings is 1. The van der Waals surface area contributed by atoms with E-state index in [-0.39, 0.29) is 5.91 Å². The Labute approximate surface area is 248 Å². The van der Waals surface area contributed by atoms with Gasteiger partial charge in [-0.1, -0.05) is 77.2 Å². The van der Waals surface area contributed by atoms with E-state index in [2.05, 4.69) is 93.7 Å². The van der Waals surface area contributed by atoms with E-state index in [9.17, 15) is 4.79 Å². The van der Waals surface area contributed by atoms with Gasteiger partial charge in [-0.15, -0.1) is 11.3 Å². The maximum absolute atomic E-state index is 13.2. The summed E-state index contributed by atoms with van der Waals surface area (Å²) >= 11 is 3.83. The summed E-state index contributed by atoms with van der Waals surface area (Å²) in [5.74, 6) is 1.07. The van der Waals surface area contributed by atoms with Gasteiger partial charge in [0.2, 0.25) is 0 Å². The van der Waals surface area contributed by atoms with Gasteiger partial charge in [-0.3, -0.25) is 4.79 Å². The van der Waals surface area contributed by atoms with E-state index in [0.29, 0.717) is 28.7 Å². The molecule has 0 bridgehead atoms. The first kappa shape index (κ1) is 28.9. The van der Waals surface area contributed by atoms with E-state index < -0.39 is 0 Å². The maximum Gasteiger partial charge on any atom is 0.267 e. The van der Waals surface area contributed by atoms with Gasteiger partial charge in [0.25, 0.3) is 5.91 Å². The molecule has 0 saturated heterocycles. The molecule has 0 unspecified atom stereocenters. The lowest BCUT2D eigenvalue weighted by Gasteiger charge is -2.17. The fraction of sp³-hybridized carbons (Fsp3) is 0.258. The van der Waals surface area contributed by atoms with Crippen LogP contribution in [0.25, 0.3) is 10.4 Å². The van der Waals surface area contributed by atoms with E-state index in [1.54, 1.807) is 13.2 Å². The van der Waals surface area contributed by atoms with E-state index in [4.69, 9.17) is 9.47 Å². The molecule has 8 heteroatoms. The average Bonchev–Trinajstić information content (AvgIpc) is 3.41. The lowest BCUT2D eigenvalue weighted by atomic mass is 10.1. The summed E-state index contributed by atoms with van der Waals surface area (Å²) in [5.41, 5.74) is 5.12. The second-order valence-corrected chi connectivity index (χ2v) is 11.0. The highest BCUT2D eigenvalue weighted by atomic mass is 127. The van der Waals surface area contributed by atoms with Crippen LogP contribution in [0.15, 0.2) is 78.9 Å². The van der Waals surface area contributed by atoms with Gasteiger partial charge >= 0.3 is 0 Å². The van der Waals surface area contributed by atoms with Crippen LogP contribution in [0.3, 0.4) is 0 Å². The van der Waals surface area contributed by atoms with Gasteiger partial charge in [-0.2, -0.15) is 0 Å². The Bertz CT molecular complexity index is 1360. The van der Waals surface area contributed by atoms with Crippen molar-refractivity contribution in [2.45, 2.75) is 17.4 Å². The molecule has 39 heavy (non-hydrogen) atoms. The summed E-state index contributed by atoms with van der Waals surface area (Å²) < 4.78 is 12.5. The normalized spacial score (nSPS) is 10.9. The third-order valence-corrected chi connectivity index (χ3v) is 8.32. The summed E-state index contributed by atoms with van der Waals surface area (Å²) in [6.07, 6.45) is 0.888. The van der Waals surface area contributed by atoms with Gasteiger partial charge in [0.15, 0.2) is 11.5 Å². The fourth-order valence-electron chi connectivity index (χ4n) is 4.19. The molecule has 0 atom stereocenters. The van der Waals surface area contributed by atoms with E-state index in [0.717, 1.165) is 40.1 Å². The number of nitrogens with one attached hydrogen (secondary N) is 2. The van der Waals surface area contributed by atoms with Crippen molar-refractivity contribution in [3.05, 3.63) is 94.9 Å². The number of benzene rings is 3. The topological polar surface area (TPSA) is 62.8 Å². The molecule has 1 amide bonds. The van der Waals surface area contributed by atoms with Crippen LogP contribution >= 0.6 is 33.9 Å². The summed E-state index contributed by atoms with van der Waals surface area (Å²) in [5, 5.41) is 6.17. The van der Waals surface area contributed by atoms with Crippen LogP contribution in [-0.2, 0) is 11.0 Å². The molecular formula is C31H34IN3O3S. The monoisotopic (exact) mass is 655 g/mol. The number of methoxy groups -OCH3 is 1. The maximum atomic E-state index is 13.2. The lowest BCUT2D eigenvalue weighted by Crippen LogP contribution is -2.20. The third-order valence-electron chi connectivity index (χ3n) is 6.26. The molecule has 1 aromatic heterocycles. The summed E-state index contributed by atoms with van der Waals surface area (Å²) in [6.45, 7) is 2.40. The van der Waals surface area contributed by atoms with E-state index in [1.165, 1.54) is 22.5 Å². The van der Waals surface area contributed by atoms with Crippen molar-refractivity contribution in [2.75, 3.05) is 45.0 Å². The first-order valence-electron chi connectivity index (χ1n) is 12.8. The first-order valence-corrected chi connectivity index (χ1v) is 15.2. The van der Waals surface area contributed by atoms with Gasteiger partial charge in [-0.05, 0) is 48.4 Å². The van der Waals surface area contributed by atoms with Crippen LogP contribution in [0.5, 0.6) is 11.5 Å². The number of nitrogens with zero attached hydrogens (tertiary/aromatic N) is 1. The van der Waals surface area contributed by atoms with Crippen LogP contribution in [0.2, 0.25) is 0 Å². The predicted octanol–water partition coefficient (Wildman–Crippen LogP) is 7.55. The van der Waals surface area contributed by atoms with Crippen LogP contribution in [0.4, 0.5) is 11.4 Å². The zero-order valence-corrected chi connectivity index (χ0v) is 25.5. The molecule has 2 N–H and O–H groups in total. The number of anilines is 2. The SMILES string of the molecule is CNc1cc(-c2ccc(CI)cc2)sc1C(=O)Nc1ccc(OCCCN(C)Cc2ccccc2)c(OC)c1. The van der Waals surface area contributed by atoms with Crippen molar-refractivity contribution in [3.63, 3.8) is 0 Å². The summed E-state index contributed by atoms with van der Waals surface area (Å²) in [4.78, 5) is 17.2. The van der Waals surface area contributed by atoms with Crippen molar-refractivity contribution in [2.24, 2.45) is 0 Å². The number of halogens is 1. The number of hydrogen-bond donors (Lipinski definition) is 2. The molecule has 0 aliphatic rings. The Morgan fingerprint density at radius 3 is 2.44 bits per heavy atom. The van der Waals surface area contributed by atoms with E-state index >= 15 is 0 Å². The summed E-state index contributed by atoms with van der Waals surface area (Å²) in [7, 11) is 5.55. The second-order valence-electron chi connectivity index (χ2n) is 9.18. The van der Waals surface area contributed by atoms with Crippen LogP contribution in [0, 0.1) is 0 Å². The number of alkyl halides is 1. The van der Waals surface area contributed by atoms with Gasteiger partial charge in [0.1, 0.15) is 4.88 Å². The molecule has 4 aromatic rings. The first-order chi connectivity index (χ1) is 19.0. The molecule has 0 aliphatic heterocycles. The van der Waals surface area contributed by atoms with Crippen molar-refractivity contribution >= 4 is 51.2 Å². The minimum absolute atomic E-state index is 0.170.